The van der Waals surface area contributed by atoms with Crippen LogP contribution in [0.5, 0.6) is 0 Å². The molecule has 3 bridgehead atoms. The second-order valence-electron chi connectivity index (χ2n) is 13.9. The summed E-state index contributed by atoms with van der Waals surface area (Å²) in [5.41, 5.74) is 1.83. The van der Waals surface area contributed by atoms with E-state index in [9.17, 15) is 10.3 Å². The van der Waals surface area contributed by atoms with Gasteiger partial charge in [0.2, 0.25) is 0 Å². The quantitative estimate of drug-likeness (QED) is 0.497. The average Bonchev–Trinajstić information content (AvgIpc) is 3.49. The van der Waals surface area contributed by atoms with Gasteiger partial charge in [-0.3, -0.25) is 4.90 Å². The Morgan fingerprint density at radius 1 is 0.952 bits per heavy atom. The third-order valence-electron chi connectivity index (χ3n) is 11.4. The summed E-state index contributed by atoms with van der Waals surface area (Å²) in [5.74, 6) is 0.241. The van der Waals surface area contributed by atoms with Gasteiger partial charge in [0.05, 0.1) is 22.7 Å². The fourth-order valence-corrected chi connectivity index (χ4v) is 9.83. The molecule has 6 atom stereocenters. The summed E-state index contributed by atoms with van der Waals surface area (Å²) in [4.78, 5) is 9.06. The van der Waals surface area contributed by atoms with Gasteiger partial charge in [0.25, 0.3) is 0 Å². The van der Waals surface area contributed by atoms with Crippen LogP contribution >= 0.6 is 0 Å². The van der Waals surface area contributed by atoms with E-state index in [1.807, 2.05) is 0 Å². The standard InChI is InChI=1S/C36H45N4O2/c41-36-18-10-4-1-2-5-11-19-38-21-17-30(35(25-38)23-26-13-7-3-6-12-20-39(26)34(35)36)29(24-36)33-32-28(16-22-40(33)42)27-14-8-9-15-31(27)37-32/h1,4,7-9,13-16,24,26,30,34,37,41H,2-3,5-6,10-12,17-23,25H2/q-1/b4-1-,13-7-/t26?,30-,34+,35-,36-/m0/s1. The lowest BCUT2D eigenvalue weighted by molar-refractivity contribution is -0.0955. The van der Waals surface area contributed by atoms with Crippen LogP contribution < -0.4 is 10.6 Å². The van der Waals surface area contributed by atoms with Crippen LogP contribution in [0.15, 0.2) is 60.2 Å². The summed E-state index contributed by atoms with van der Waals surface area (Å²) in [6.45, 7) is 4.58. The van der Waals surface area contributed by atoms with E-state index in [-0.39, 0.29) is 17.4 Å². The highest BCUT2D eigenvalue weighted by Gasteiger charge is 2.65. The summed E-state index contributed by atoms with van der Waals surface area (Å²) in [7, 11) is 0. The predicted molar refractivity (Wildman–Crippen MR) is 170 cm³/mol. The summed E-state index contributed by atoms with van der Waals surface area (Å²) in [6, 6.07) is 8.80. The summed E-state index contributed by atoms with van der Waals surface area (Å²) in [6.07, 6.45) is 24.5. The maximum Gasteiger partial charge on any atom is 0.0997 e. The highest BCUT2D eigenvalue weighted by Crippen LogP contribution is 2.61. The Bertz CT molecular complexity index is 1570. The number of piperidine rings is 1. The van der Waals surface area contributed by atoms with Crippen molar-refractivity contribution in [1.82, 2.24) is 19.8 Å². The minimum Gasteiger partial charge on any atom is -0.758 e. The number of hydrogen-bond donors (Lipinski definition) is 2. The lowest BCUT2D eigenvalue weighted by atomic mass is 9.54. The van der Waals surface area contributed by atoms with Crippen LogP contribution in [0, 0.1) is 16.5 Å². The van der Waals surface area contributed by atoms with Gasteiger partial charge in [0, 0.05) is 40.7 Å². The van der Waals surface area contributed by atoms with Gasteiger partial charge in [0.15, 0.2) is 0 Å². The van der Waals surface area contributed by atoms with Crippen LogP contribution in [0.1, 0.15) is 64.2 Å². The number of H-pyrrole nitrogens is 1. The molecule has 2 fully saturated rings. The van der Waals surface area contributed by atoms with Crippen LogP contribution in [-0.2, 0) is 0 Å². The minimum atomic E-state index is -1.00. The van der Waals surface area contributed by atoms with Gasteiger partial charge in [-0.1, -0.05) is 48.6 Å². The number of aromatic nitrogens is 1. The van der Waals surface area contributed by atoms with Gasteiger partial charge in [0.1, 0.15) is 0 Å². The van der Waals surface area contributed by atoms with Gasteiger partial charge in [-0.05, 0) is 107 Å². The highest BCUT2D eigenvalue weighted by molar-refractivity contribution is 5.84. The Morgan fingerprint density at radius 2 is 1.79 bits per heavy atom. The normalized spacial score (nSPS) is 38.5. The van der Waals surface area contributed by atoms with E-state index in [1.54, 1.807) is 0 Å². The molecule has 6 nitrogen and oxygen atoms in total. The molecule has 1 aromatic carbocycles. The van der Waals surface area contributed by atoms with E-state index in [0.29, 0.717) is 19.0 Å². The lowest BCUT2D eigenvalue weighted by Crippen LogP contribution is -2.66. The maximum atomic E-state index is 13.9. The molecule has 2 aromatic rings. The molecular weight excluding hydrogens is 520 g/mol. The van der Waals surface area contributed by atoms with Crippen molar-refractivity contribution < 1.29 is 5.11 Å². The van der Waals surface area contributed by atoms with Crippen molar-refractivity contribution in [2.24, 2.45) is 11.3 Å². The Morgan fingerprint density at radius 3 is 2.71 bits per heavy atom. The van der Waals surface area contributed by atoms with E-state index in [0.717, 1.165) is 85.6 Å². The number of aromatic amines is 1. The van der Waals surface area contributed by atoms with Crippen molar-refractivity contribution >= 4 is 22.7 Å². The monoisotopic (exact) mass is 565 g/mol. The molecule has 6 heterocycles. The van der Waals surface area contributed by atoms with Gasteiger partial charge in [-0.25, -0.2) is 0 Å². The number of hydroxylamine groups is 2. The number of nitrogens with zero attached hydrogens (tertiary/aromatic N) is 3. The molecule has 0 saturated carbocycles. The zero-order chi connectivity index (χ0) is 28.3. The first kappa shape index (κ1) is 26.9. The van der Waals surface area contributed by atoms with Crippen LogP contribution in [0.2, 0.25) is 0 Å². The molecule has 42 heavy (non-hydrogen) atoms. The first-order valence-electron chi connectivity index (χ1n) is 16.6. The minimum absolute atomic E-state index is 0.0569. The summed E-state index contributed by atoms with van der Waals surface area (Å²) >= 11 is 0. The van der Waals surface area contributed by atoms with Gasteiger partial charge in [-0.2, -0.15) is 0 Å². The number of fused-ring (bicyclic) bond motifs is 5. The first-order valence-corrected chi connectivity index (χ1v) is 16.6. The summed E-state index contributed by atoms with van der Waals surface area (Å²) < 4.78 is 0. The molecule has 5 aliphatic heterocycles. The number of benzene rings is 1. The van der Waals surface area contributed by atoms with E-state index in [1.165, 1.54) is 36.1 Å². The first-order chi connectivity index (χ1) is 20.6. The van der Waals surface area contributed by atoms with Crippen molar-refractivity contribution in [3.63, 3.8) is 0 Å². The third kappa shape index (κ3) is 4.21. The molecule has 1 spiro atoms. The maximum absolute atomic E-state index is 13.9. The van der Waals surface area contributed by atoms with Crippen molar-refractivity contribution in [2.75, 3.05) is 32.7 Å². The molecule has 1 aliphatic carbocycles. The zero-order valence-corrected chi connectivity index (χ0v) is 24.8. The van der Waals surface area contributed by atoms with Crippen LogP contribution in [0.3, 0.4) is 0 Å². The molecule has 0 radical (unpaired) electrons. The fourth-order valence-electron chi connectivity index (χ4n) is 9.83. The van der Waals surface area contributed by atoms with E-state index in [4.69, 9.17) is 0 Å². The molecule has 6 aliphatic rings. The van der Waals surface area contributed by atoms with Crippen LogP contribution in [-0.4, -0.2) is 75.4 Å². The van der Waals surface area contributed by atoms with Crippen LogP contribution in [0.4, 0.5) is 0 Å². The van der Waals surface area contributed by atoms with Crippen molar-refractivity contribution in [2.45, 2.75) is 81.9 Å². The van der Waals surface area contributed by atoms with Crippen molar-refractivity contribution in [3.05, 3.63) is 76.0 Å². The third-order valence-corrected chi connectivity index (χ3v) is 11.4. The van der Waals surface area contributed by atoms with Gasteiger partial charge < -0.3 is 25.3 Å². The number of hydrogen-bond acceptors (Lipinski definition) is 5. The van der Waals surface area contributed by atoms with Crippen molar-refractivity contribution in [3.8, 4) is 0 Å². The predicted octanol–water partition coefficient (Wildman–Crippen LogP) is 4.55. The molecule has 2 saturated heterocycles. The zero-order valence-electron chi connectivity index (χ0n) is 24.8. The second kappa shape index (κ2) is 10.5. The number of aliphatic hydroxyl groups is 1. The second-order valence-corrected chi connectivity index (χ2v) is 13.9. The lowest BCUT2D eigenvalue weighted by Gasteiger charge is -2.59. The SMILES string of the molecule is [O-]N1CC=c2c([nH]c3ccccc23)=C1C1=C[C@@]2(O)CC/C=C\CCCCN3CC[C@@H]1[C@]1(CC4/C=C\CCCCN4[C@H]12)C3. The van der Waals surface area contributed by atoms with Crippen LogP contribution in [0.25, 0.3) is 22.7 Å². The number of nitrogens with one attached hydrogen (secondary N) is 1. The molecule has 2 N–H and O–H groups in total. The smallest absolute Gasteiger partial charge is 0.0997 e. The number of para-hydroxylation sites is 1. The number of allylic oxidation sites excluding steroid dienone is 3. The number of rotatable bonds is 1. The van der Waals surface area contributed by atoms with Gasteiger partial charge in [-0.15, -0.1) is 0 Å². The Hall–Kier alpha value is -2.64. The molecule has 6 heteroatoms. The average molecular weight is 566 g/mol. The van der Waals surface area contributed by atoms with E-state index < -0.39 is 5.60 Å². The topological polar surface area (TPSA) is 68.8 Å². The van der Waals surface area contributed by atoms with E-state index >= 15 is 0 Å². The Labute approximate surface area is 249 Å². The summed E-state index contributed by atoms with van der Waals surface area (Å²) in [5, 5.41) is 31.5. The molecule has 8 rings (SSSR count). The van der Waals surface area contributed by atoms with E-state index in [2.05, 4.69) is 75.5 Å². The molecular formula is C36H45N4O2-. The Kier molecular flexibility index (Phi) is 6.75. The fraction of sp³-hybridized carbons (Fsp3) is 0.556. The molecule has 1 aromatic heterocycles. The molecule has 2 unspecified atom stereocenters. The van der Waals surface area contributed by atoms with Gasteiger partial charge >= 0.3 is 0 Å². The molecule has 222 valence electrons. The highest BCUT2D eigenvalue weighted by atomic mass is 16.5. The molecule has 0 amide bonds. The van der Waals surface area contributed by atoms with Crippen molar-refractivity contribution in [1.29, 1.82) is 0 Å². The largest absolute Gasteiger partial charge is 0.758 e. The Balaban J connectivity index is 1.37.